The van der Waals surface area contributed by atoms with Crippen molar-refractivity contribution in [2.45, 2.75) is 13.0 Å². The lowest BCUT2D eigenvalue weighted by atomic mass is 10.0. The molecule has 1 N–H and O–H groups in total. The van der Waals surface area contributed by atoms with E-state index in [0.29, 0.717) is 11.6 Å². The van der Waals surface area contributed by atoms with Crippen LogP contribution in [0.3, 0.4) is 0 Å². The van der Waals surface area contributed by atoms with Crippen LogP contribution in [0, 0.1) is 6.92 Å². The van der Waals surface area contributed by atoms with Gasteiger partial charge in [-0.1, -0.05) is 35.9 Å². The van der Waals surface area contributed by atoms with Crippen molar-refractivity contribution in [1.82, 2.24) is 15.5 Å². The van der Waals surface area contributed by atoms with E-state index in [1.165, 1.54) is 12.0 Å². The normalized spacial score (nSPS) is 11.8. The summed E-state index contributed by atoms with van der Waals surface area (Å²) >= 11 is 1.61. The summed E-state index contributed by atoms with van der Waals surface area (Å²) in [5.74, 6) is 0.836. The highest BCUT2D eigenvalue weighted by Crippen LogP contribution is 2.26. The summed E-state index contributed by atoms with van der Waals surface area (Å²) in [5, 5.41) is 12.6. The van der Waals surface area contributed by atoms with Gasteiger partial charge in [0.05, 0.1) is 6.04 Å². The largest absolute Gasteiger partial charge is 0.484 e. The van der Waals surface area contributed by atoms with E-state index in [1.807, 2.05) is 60.8 Å². The summed E-state index contributed by atoms with van der Waals surface area (Å²) in [6.45, 7) is 1.97. The summed E-state index contributed by atoms with van der Waals surface area (Å²) in [6.07, 6.45) is 1.28. The lowest BCUT2D eigenvalue weighted by Gasteiger charge is -2.18. The van der Waals surface area contributed by atoms with E-state index < -0.39 is 0 Å². The van der Waals surface area contributed by atoms with E-state index in [4.69, 9.17) is 9.15 Å². The first-order valence-corrected chi connectivity index (χ1v) is 9.96. The van der Waals surface area contributed by atoms with Crippen LogP contribution in [0.2, 0.25) is 0 Å². The average molecular weight is 405 g/mol. The van der Waals surface area contributed by atoms with Crippen molar-refractivity contribution in [3.8, 4) is 17.2 Å². The molecule has 7 heteroatoms. The van der Waals surface area contributed by atoms with Crippen LogP contribution in [-0.2, 0) is 4.79 Å². The zero-order valence-corrected chi connectivity index (χ0v) is 16.6. The number of ether oxygens (including phenoxy) is 1. The van der Waals surface area contributed by atoms with Gasteiger partial charge in [0.2, 0.25) is 12.3 Å². The molecule has 4 aromatic rings. The number of hydrogen-bond acceptors (Lipinski definition) is 6. The fourth-order valence-corrected chi connectivity index (χ4v) is 3.68. The molecule has 29 heavy (non-hydrogen) atoms. The van der Waals surface area contributed by atoms with Gasteiger partial charge in [-0.2, -0.15) is 0 Å². The third kappa shape index (κ3) is 4.70. The van der Waals surface area contributed by atoms with Gasteiger partial charge in [0.15, 0.2) is 6.61 Å². The van der Waals surface area contributed by atoms with Crippen LogP contribution in [0.5, 0.6) is 5.75 Å². The summed E-state index contributed by atoms with van der Waals surface area (Å²) in [4.78, 5) is 13.6. The predicted molar refractivity (Wildman–Crippen MR) is 111 cm³/mol. The van der Waals surface area contributed by atoms with Crippen LogP contribution in [0.4, 0.5) is 0 Å². The molecule has 1 atom stereocenters. The molecular formula is C22H19N3O3S. The van der Waals surface area contributed by atoms with Crippen molar-refractivity contribution >= 4 is 17.2 Å². The zero-order valence-electron chi connectivity index (χ0n) is 15.7. The molecule has 2 aromatic carbocycles. The molecule has 0 saturated heterocycles. The van der Waals surface area contributed by atoms with Crippen LogP contribution in [0.25, 0.3) is 11.5 Å². The summed E-state index contributed by atoms with van der Waals surface area (Å²) < 4.78 is 10.8. The highest BCUT2D eigenvalue weighted by Gasteiger charge is 2.18. The van der Waals surface area contributed by atoms with E-state index >= 15 is 0 Å². The highest BCUT2D eigenvalue weighted by atomic mass is 32.1. The van der Waals surface area contributed by atoms with Gasteiger partial charge in [0.25, 0.3) is 5.91 Å². The number of amides is 1. The number of nitrogens with one attached hydrogen (secondary N) is 1. The second kappa shape index (κ2) is 8.70. The Kier molecular flexibility index (Phi) is 5.67. The van der Waals surface area contributed by atoms with Crippen LogP contribution in [0.15, 0.2) is 76.9 Å². The monoisotopic (exact) mass is 405 g/mol. The molecule has 0 aliphatic heterocycles. The fourth-order valence-electron chi connectivity index (χ4n) is 2.88. The van der Waals surface area contributed by atoms with E-state index in [9.17, 15) is 4.79 Å². The van der Waals surface area contributed by atoms with Crippen molar-refractivity contribution in [1.29, 1.82) is 0 Å². The average Bonchev–Trinajstić information content (AvgIpc) is 3.46. The van der Waals surface area contributed by atoms with E-state index in [-0.39, 0.29) is 18.6 Å². The van der Waals surface area contributed by atoms with Gasteiger partial charge in [-0.05, 0) is 48.2 Å². The zero-order chi connectivity index (χ0) is 20.1. The number of aromatic nitrogens is 2. The molecule has 0 saturated carbocycles. The smallest absolute Gasteiger partial charge is 0.258 e. The SMILES string of the molecule is Cc1ccc(C(NC(=O)COc2ccc(-c3nnco3)cc2)c2cccs2)cc1. The second-order valence-electron chi connectivity index (χ2n) is 6.48. The molecule has 2 heterocycles. The Morgan fingerprint density at radius 2 is 1.93 bits per heavy atom. The number of nitrogens with zero attached hydrogens (tertiary/aromatic N) is 2. The number of hydrogen-bond donors (Lipinski definition) is 1. The Hall–Kier alpha value is -3.45. The van der Waals surface area contributed by atoms with Gasteiger partial charge in [0, 0.05) is 10.4 Å². The third-order valence-electron chi connectivity index (χ3n) is 4.37. The highest BCUT2D eigenvalue weighted by molar-refractivity contribution is 7.10. The van der Waals surface area contributed by atoms with Gasteiger partial charge in [0.1, 0.15) is 5.75 Å². The Bertz CT molecular complexity index is 1040. The minimum atomic E-state index is -0.202. The lowest BCUT2D eigenvalue weighted by Crippen LogP contribution is -2.32. The van der Waals surface area contributed by atoms with Crippen LogP contribution in [0.1, 0.15) is 22.0 Å². The number of aryl methyl sites for hydroxylation is 1. The molecule has 1 unspecified atom stereocenters. The third-order valence-corrected chi connectivity index (χ3v) is 5.31. The molecule has 0 radical (unpaired) electrons. The van der Waals surface area contributed by atoms with Gasteiger partial charge in [-0.15, -0.1) is 21.5 Å². The number of thiophene rings is 1. The molecule has 146 valence electrons. The van der Waals surface area contributed by atoms with Crippen molar-refractivity contribution < 1.29 is 13.9 Å². The van der Waals surface area contributed by atoms with Crippen molar-refractivity contribution in [2.75, 3.05) is 6.61 Å². The van der Waals surface area contributed by atoms with Crippen molar-refractivity contribution in [2.24, 2.45) is 0 Å². The van der Waals surface area contributed by atoms with E-state index in [1.54, 1.807) is 23.5 Å². The first-order valence-electron chi connectivity index (χ1n) is 9.08. The predicted octanol–water partition coefficient (Wildman–Crippen LogP) is 4.39. The Labute approximate surface area is 172 Å². The standard InChI is InChI=1S/C22H19N3O3S/c1-15-4-6-16(7-5-15)21(19-3-2-12-29-19)24-20(26)13-27-18-10-8-17(9-11-18)22-25-23-14-28-22/h2-12,14,21H,13H2,1H3,(H,24,26). The molecule has 1 amide bonds. The fraction of sp³-hybridized carbons (Fsp3) is 0.136. The Morgan fingerprint density at radius 3 is 2.59 bits per heavy atom. The van der Waals surface area contributed by atoms with E-state index in [0.717, 1.165) is 16.0 Å². The number of carbonyl (C=O) groups is 1. The molecular weight excluding hydrogens is 386 g/mol. The minimum absolute atomic E-state index is 0.0758. The van der Waals surface area contributed by atoms with Crippen molar-refractivity contribution in [3.63, 3.8) is 0 Å². The van der Waals surface area contributed by atoms with Crippen molar-refractivity contribution in [3.05, 3.63) is 88.4 Å². The molecule has 0 aliphatic carbocycles. The molecule has 0 spiro atoms. The molecule has 0 bridgehead atoms. The number of rotatable bonds is 7. The maximum Gasteiger partial charge on any atom is 0.258 e. The van der Waals surface area contributed by atoms with E-state index in [2.05, 4.69) is 15.5 Å². The quantitative estimate of drug-likeness (QED) is 0.493. The van der Waals surface area contributed by atoms with Gasteiger partial charge in [-0.25, -0.2) is 0 Å². The second-order valence-corrected chi connectivity index (χ2v) is 7.46. The maximum atomic E-state index is 12.6. The van der Waals surface area contributed by atoms with Gasteiger partial charge < -0.3 is 14.5 Å². The summed E-state index contributed by atoms with van der Waals surface area (Å²) in [7, 11) is 0. The first kappa shape index (κ1) is 18.9. The van der Waals surface area contributed by atoms with Crippen LogP contribution >= 0.6 is 11.3 Å². The minimum Gasteiger partial charge on any atom is -0.484 e. The Morgan fingerprint density at radius 1 is 1.14 bits per heavy atom. The Balaban J connectivity index is 1.40. The van der Waals surface area contributed by atoms with Gasteiger partial charge in [-0.3, -0.25) is 4.79 Å². The number of benzene rings is 2. The maximum absolute atomic E-state index is 12.6. The summed E-state index contributed by atoms with van der Waals surface area (Å²) in [6, 6.07) is 19.1. The van der Waals surface area contributed by atoms with Crippen LogP contribution in [-0.4, -0.2) is 22.7 Å². The molecule has 6 nitrogen and oxygen atoms in total. The molecule has 4 rings (SSSR count). The van der Waals surface area contributed by atoms with Crippen LogP contribution < -0.4 is 10.1 Å². The topological polar surface area (TPSA) is 77.2 Å². The lowest BCUT2D eigenvalue weighted by molar-refractivity contribution is -0.123. The summed E-state index contributed by atoms with van der Waals surface area (Å²) in [5.41, 5.74) is 3.00. The van der Waals surface area contributed by atoms with Gasteiger partial charge >= 0.3 is 0 Å². The molecule has 0 aliphatic rings. The number of carbonyl (C=O) groups excluding carboxylic acids is 1. The molecule has 0 fully saturated rings. The first-order chi connectivity index (χ1) is 14.2. The molecule has 2 aromatic heterocycles.